The second-order valence-corrected chi connectivity index (χ2v) is 22.9. The molecule has 6 aromatic rings. The molecule has 2 saturated heterocycles. The van der Waals surface area contributed by atoms with Crippen LogP contribution in [0.1, 0.15) is 33.6 Å². The molecule has 0 N–H and O–H groups in total. The van der Waals surface area contributed by atoms with Crippen LogP contribution < -0.4 is 9.80 Å². The van der Waals surface area contributed by atoms with Crippen molar-refractivity contribution in [1.82, 2.24) is 18.6 Å². The first-order chi connectivity index (χ1) is 29.4. The third-order valence-electron chi connectivity index (χ3n) is 10.3. The molecule has 2 aliphatic heterocycles. The van der Waals surface area contributed by atoms with Crippen molar-refractivity contribution in [3.63, 3.8) is 0 Å². The Bertz CT molecular complexity index is 2750. The molecule has 0 bridgehead atoms. The van der Waals surface area contributed by atoms with Gasteiger partial charge in [-0.3, -0.25) is 0 Å². The molecule has 0 atom stereocenters. The summed E-state index contributed by atoms with van der Waals surface area (Å²) in [5.74, 6) is 0. The number of nitrogens with zero attached hydrogens (tertiary/aromatic N) is 6. The summed E-state index contributed by atoms with van der Waals surface area (Å²) < 4.78 is 54.8. The summed E-state index contributed by atoms with van der Waals surface area (Å²) in [6.45, 7) is 7.96. The van der Waals surface area contributed by atoms with Crippen LogP contribution in [0.4, 0.5) is 10.3 Å². The lowest BCUT2D eigenvalue weighted by molar-refractivity contribution is 0.384. The third kappa shape index (κ3) is 11.6. The van der Waals surface area contributed by atoms with E-state index in [2.05, 4.69) is 47.2 Å². The van der Waals surface area contributed by atoms with Crippen molar-refractivity contribution in [3.05, 3.63) is 147 Å². The van der Waals surface area contributed by atoms with Crippen LogP contribution in [-0.4, -0.2) is 87.8 Å². The fourth-order valence-electron chi connectivity index (χ4n) is 6.98. The van der Waals surface area contributed by atoms with Crippen LogP contribution >= 0.6 is 92.3 Å². The second-order valence-electron chi connectivity index (χ2n) is 14.8. The zero-order valence-electron chi connectivity index (χ0n) is 33.4. The van der Waals surface area contributed by atoms with E-state index in [4.69, 9.17) is 79.6 Å². The van der Waals surface area contributed by atoms with Crippen LogP contribution in [0.15, 0.2) is 93.3 Å². The van der Waals surface area contributed by atoms with E-state index in [0.717, 1.165) is 33.6 Å². The van der Waals surface area contributed by atoms with Crippen molar-refractivity contribution in [2.75, 3.05) is 62.2 Å². The number of hydrogen-bond donors (Lipinski definition) is 0. The van der Waals surface area contributed by atoms with Gasteiger partial charge in [-0.2, -0.15) is 8.61 Å². The zero-order chi connectivity index (χ0) is 44.3. The Kier molecular flexibility index (Phi) is 15.4. The highest BCUT2D eigenvalue weighted by Gasteiger charge is 2.31. The SMILES string of the molecule is Cc1ccc(C)c(Cc2csc(N3CCN(S(=O)(=O)c4cc(Cl)cc(Cl)c4)CC3)n2)c1.O=S(=O)(c1cc(Cl)cc(Cl)c1)N1CCN(c2nc(Cc3ccc(Cl)cc3Cl)cs2)CC1. The zero-order valence-corrected chi connectivity index (χ0v) is 41.2. The van der Waals surface area contributed by atoms with Gasteiger partial charge < -0.3 is 9.80 Å². The Labute approximate surface area is 400 Å². The van der Waals surface area contributed by atoms with Crippen LogP contribution in [-0.2, 0) is 32.9 Å². The van der Waals surface area contributed by atoms with Gasteiger partial charge in [0.2, 0.25) is 20.0 Å². The van der Waals surface area contributed by atoms with Crippen LogP contribution in [0.2, 0.25) is 30.1 Å². The number of sulfonamides is 2. The van der Waals surface area contributed by atoms with Crippen molar-refractivity contribution in [2.45, 2.75) is 36.5 Å². The minimum atomic E-state index is -3.66. The van der Waals surface area contributed by atoms with Gasteiger partial charge in [-0.15, -0.1) is 22.7 Å². The molecule has 20 heteroatoms. The topological polar surface area (TPSA) is 107 Å². The largest absolute Gasteiger partial charge is 0.345 e. The van der Waals surface area contributed by atoms with Gasteiger partial charge in [0.15, 0.2) is 10.3 Å². The van der Waals surface area contributed by atoms with Crippen LogP contribution in [0, 0.1) is 13.8 Å². The summed E-state index contributed by atoms with van der Waals surface area (Å²) in [7, 11) is -7.30. The van der Waals surface area contributed by atoms with Gasteiger partial charge in [0.1, 0.15) is 0 Å². The molecule has 2 aromatic heterocycles. The second kappa shape index (κ2) is 20.2. The smallest absolute Gasteiger partial charge is 0.243 e. The summed E-state index contributed by atoms with van der Waals surface area (Å²) in [5.41, 5.74) is 6.70. The van der Waals surface area contributed by atoms with Crippen LogP contribution in [0.25, 0.3) is 0 Å². The minimum Gasteiger partial charge on any atom is -0.345 e. The number of anilines is 2. The monoisotopic (exact) mass is 1030 g/mol. The molecular weight excluding hydrogens is 993 g/mol. The molecule has 2 aliphatic rings. The maximum atomic E-state index is 13.0. The maximum Gasteiger partial charge on any atom is 0.243 e. The van der Waals surface area contributed by atoms with Gasteiger partial charge in [0.05, 0.1) is 21.2 Å². The first kappa shape index (κ1) is 47.3. The number of thiazole rings is 2. The molecular formula is C42H40Cl6N6O4S4. The average molecular weight is 1030 g/mol. The number of halogens is 6. The van der Waals surface area contributed by atoms with E-state index in [-0.39, 0.29) is 9.79 Å². The maximum absolute atomic E-state index is 13.0. The standard InChI is InChI=1S/C22H23Cl2N3O2S2.C20H17Cl4N3O2S2/c1-15-3-4-16(2)17(9-15)10-20-14-30-22(25-20)26-5-7-27(8-6-26)31(28,29)21-12-18(23)11-19(24)13-21;21-14-2-1-13(19(24)11-14)7-17-12-30-20(25-17)26-3-5-27(6-4-26)31(28,29)18-9-15(22)8-16(23)10-18/h3-4,9,11-14H,5-8,10H2,1-2H3;1-2,8-12H,3-7H2. The number of piperazine rings is 2. The quantitative estimate of drug-likeness (QED) is 0.134. The van der Waals surface area contributed by atoms with Gasteiger partial charge in [-0.1, -0.05) is 99.4 Å². The van der Waals surface area contributed by atoms with Gasteiger partial charge in [0.25, 0.3) is 0 Å². The summed E-state index contributed by atoms with van der Waals surface area (Å²) >= 11 is 39.3. The summed E-state index contributed by atoms with van der Waals surface area (Å²) in [6, 6.07) is 20.7. The summed E-state index contributed by atoms with van der Waals surface area (Å²) in [6.07, 6.45) is 1.41. The van der Waals surface area contributed by atoms with Crippen LogP contribution in [0.5, 0.6) is 0 Å². The van der Waals surface area contributed by atoms with Crippen molar-refractivity contribution >= 4 is 123 Å². The molecule has 8 rings (SSSR count). The Morgan fingerprint density at radius 3 is 1.39 bits per heavy atom. The number of rotatable bonds is 10. The minimum absolute atomic E-state index is 0.106. The van der Waals surface area contributed by atoms with Crippen LogP contribution in [0.3, 0.4) is 0 Å². The highest BCUT2D eigenvalue weighted by atomic mass is 35.5. The molecule has 0 saturated carbocycles. The molecule has 2 fully saturated rings. The van der Waals surface area contributed by atoms with E-state index in [1.54, 1.807) is 17.4 Å². The highest BCUT2D eigenvalue weighted by molar-refractivity contribution is 7.89. The number of aromatic nitrogens is 2. The predicted octanol–water partition coefficient (Wildman–Crippen LogP) is 11.0. The molecule has 4 heterocycles. The van der Waals surface area contributed by atoms with E-state index in [1.807, 2.05) is 17.5 Å². The number of hydrogen-bond acceptors (Lipinski definition) is 10. The fourth-order valence-corrected chi connectivity index (χ4v) is 13.5. The average Bonchev–Trinajstić information content (AvgIpc) is 3.90. The van der Waals surface area contributed by atoms with Gasteiger partial charge in [-0.05, 0) is 79.1 Å². The molecule has 4 aromatic carbocycles. The Morgan fingerprint density at radius 1 is 0.516 bits per heavy atom. The molecule has 0 amide bonds. The van der Waals surface area contributed by atoms with E-state index in [0.29, 0.717) is 88.9 Å². The first-order valence-corrected chi connectivity index (χ1v) is 26.2. The Hall–Kier alpha value is -2.70. The predicted molar refractivity (Wildman–Crippen MR) is 257 cm³/mol. The van der Waals surface area contributed by atoms with Gasteiger partial charge in [0, 0.05) is 106 Å². The normalized spacial score (nSPS) is 15.4. The molecule has 10 nitrogen and oxygen atoms in total. The molecule has 0 radical (unpaired) electrons. The van der Waals surface area contributed by atoms with E-state index in [9.17, 15) is 16.8 Å². The summed E-state index contributed by atoms with van der Waals surface area (Å²) in [5, 5.41) is 8.30. The van der Waals surface area contributed by atoms with Gasteiger partial charge in [-0.25, -0.2) is 26.8 Å². The van der Waals surface area contributed by atoms with Crippen molar-refractivity contribution in [2.24, 2.45) is 0 Å². The Balaban J connectivity index is 0.000000186. The van der Waals surface area contributed by atoms with E-state index in [1.165, 1.54) is 73.0 Å². The Morgan fingerprint density at radius 2 is 0.952 bits per heavy atom. The first-order valence-electron chi connectivity index (χ1n) is 19.3. The lowest BCUT2D eigenvalue weighted by Crippen LogP contribution is -2.48. The molecule has 0 unspecified atom stereocenters. The van der Waals surface area contributed by atoms with Gasteiger partial charge >= 0.3 is 0 Å². The number of aryl methyl sites for hydroxylation is 2. The summed E-state index contributed by atoms with van der Waals surface area (Å²) in [4.78, 5) is 14.0. The number of benzene rings is 4. The molecule has 0 aliphatic carbocycles. The van der Waals surface area contributed by atoms with E-state index >= 15 is 0 Å². The van der Waals surface area contributed by atoms with Crippen molar-refractivity contribution in [3.8, 4) is 0 Å². The van der Waals surface area contributed by atoms with E-state index < -0.39 is 20.0 Å². The van der Waals surface area contributed by atoms with Crippen molar-refractivity contribution < 1.29 is 16.8 Å². The molecule has 62 heavy (non-hydrogen) atoms. The third-order valence-corrected chi connectivity index (χ3v) is 17.4. The fraction of sp³-hybridized carbons (Fsp3) is 0.286. The molecule has 0 spiro atoms. The molecule has 328 valence electrons. The van der Waals surface area contributed by atoms with Crippen molar-refractivity contribution in [1.29, 1.82) is 0 Å². The lowest BCUT2D eigenvalue weighted by Gasteiger charge is -2.33. The highest BCUT2D eigenvalue weighted by Crippen LogP contribution is 2.31. The lowest BCUT2D eigenvalue weighted by atomic mass is 10.0.